The zero-order valence-corrected chi connectivity index (χ0v) is 6.45. The van der Waals surface area contributed by atoms with E-state index in [4.69, 9.17) is 9.47 Å². The second-order valence-corrected chi connectivity index (χ2v) is 2.55. The van der Waals surface area contributed by atoms with Gasteiger partial charge in [0.05, 0.1) is 6.61 Å². The average Bonchev–Trinajstić information content (AvgIpc) is 2.17. The number of hydrogen-bond donors (Lipinski definition) is 0. The summed E-state index contributed by atoms with van der Waals surface area (Å²) in [6, 6.07) is 5.39. The molecule has 1 aliphatic rings. The van der Waals surface area contributed by atoms with Crippen LogP contribution in [-0.4, -0.2) is 42.6 Å². The van der Waals surface area contributed by atoms with Crippen LogP contribution in [-0.2, 0) is 11.3 Å². The van der Waals surface area contributed by atoms with Crippen LogP contribution in [0.4, 0.5) is 0 Å². The monoisotopic (exact) mass is 188 g/mol. The summed E-state index contributed by atoms with van der Waals surface area (Å²) in [5.74, 6) is 0.755. The summed E-state index contributed by atoms with van der Waals surface area (Å²) in [5, 5.41) is 0. The average molecular weight is 188 g/mol. The van der Waals surface area contributed by atoms with Crippen molar-refractivity contribution in [3.8, 4) is 5.75 Å². The van der Waals surface area contributed by atoms with Gasteiger partial charge in [-0.15, -0.1) is 0 Å². The fourth-order valence-corrected chi connectivity index (χ4v) is 1.23. The Balaban J connectivity index is 0.000000845. The molecule has 1 heterocycles. The molecular formula is C9H9NaO3. The summed E-state index contributed by atoms with van der Waals surface area (Å²) < 4.78 is 10.2. The van der Waals surface area contributed by atoms with Crippen LogP contribution >= 0.6 is 0 Å². The molecule has 4 heteroatoms. The molecule has 0 fully saturated rings. The van der Waals surface area contributed by atoms with E-state index in [1.165, 1.54) is 0 Å². The Morgan fingerprint density at radius 1 is 1.38 bits per heavy atom. The fraction of sp³-hybridized carbons (Fsp3) is 0.222. The van der Waals surface area contributed by atoms with Crippen LogP contribution in [0, 0.1) is 0 Å². The third kappa shape index (κ3) is 2.11. The second kappa shape index (κ2) is 4.77. The molecule has 0 N–H and O–H groups in total. The Bertz CT molecular complexity index is 312. The van der Waals surface area contributed by atoms with Gasteiger partial charge < -0.3 is 9.47 Å². The van der Waals surface area contributed by atoms with E-state index in [1.807, 2.05) is 6.07 Å². The van der Waals surface area contributed by atoms with Gasteiger partial charge in [0, 0.05) is 11.1 Å². The Morgan fingerprint density at radius 3 is 3.00 bits per heavy atom. The van der Waals surface area contributed by atoms with Crippen molar-refractivity contribution in [2.75, 3.05) is 6.79 Å². The number of aldehydes is 1. The number of fused-ring (bicyclic) bond motifs is 1. The summed E-state index contributed by atoms with van der Waals surface area (Å²) in [5.41, 5.74) is 1.49. The first-order valence-electron chi connectivity index (χ1n) is 3.69. The van der Waals surface area contributed by atoms with Crippen molar-refractivity contribution < 1.29 is 14.3 Å². The van der Waals surface area contributed by atoms with Crippen LogP contribution in [0.1, 0.15) is 15.9 Å². The first-order valence-corrected chi connectivity index (χ1v) is 3.69. The first-order chi connectivity index (χ1) is 5.92. The Labute approximate surface area is 98.3 Å². The van der Waals surface area contributed by atoms with E-state index in [1.54, 1.807) is 12.1 Å². The number of benzene rings is 1. The molecule has 0 amide bonds. The molecule has 1 aliphatic heterocycles. The van der Waals surface area contributed by atoms with Gasteiger partial charge in [0.15, 0.2) is 13.1 Å². The molecule has 0 saturated heterocycles. The Kier molecular flexibility index (Phi) is 3.93. The molecule has 0 aliphatic carbocycles. The maximum atomic E-state index is 10.6. The molecule has 0 saturated carbocycles. The van der Waals surface area contributed by atoms with Gasteiger partial charge in [-0.25, -0.2) is 0 Å². The molecule has 2 rings (SSSR count). The van der Waals surface area contributed by atoms with Gasteiger partial charge in [0.1, 0.15) is 5.75 Å². The molecule has 3 nitrogen and oxygen atoms in total. The van der Waals surface area contributed by atoms with Crippen LogP contribution in [0.15, 0.2) is 18.2 Å². The first kappa shape index (κ1) is 10.7. The molecule has 1 aromatic rings. The van der Waals surface area contributed by atoms with E-state index < -0.39 is 0 Å². The zero-order chi connectivity index (χ0) is 8.39. The Hall–Kier alpha value is -0.350. The molecule has 0 spiro atoms. The molecule has 0 radical (unpaired) electrons. The van der Waals surface area contributed by atoms with Crippen LogP contribution in [0.2, 0.25) is 0 Å². The molecule has 0 unspecified atom stereocenters. The van der Waals surface area contributed by atoms with Crippen LogP contribution in [0.5, 0.6) is 5.75 Å². The summed E-state index contributed by atoms with van der Waals surface area (Å²) in [7, 11) is 0. The van der Waals surface area contributed by atoms with Crippen molar-refractivity contribution in [3.63, 3.8) is 0 Å². The number of rotatable bonds is 1. The van der Waals surface area contributed by atoms with Gasteiger partial charge in [-0.2, -0.15) is 0 Å². The van der Waals surface area contributed by atoms with Gasteiger partial charge >= 0.3 is 29.6 Å². The van der Waals surface area contributed by atoms with E-state index in [-0.39, 0.29) is 36.4 Å². The topological polar surface area (TPSA) is 35.5 Å². The SMILES string of the molecule is O=Cc1cccc2c1COCO2.[NaH]. The summed E-state index contributed by atoms with van der Waals surface area (Å²) in [6.45, 7) is 0.736. The van der Waals surface area contributed by atoms with E-state index >= 15 is 0 Å². The van der Waals surface area contributed by atoms with E-state index in [0.29, 0.717) is 12.2 Å². The molecule has 0 bridgehead atoms. The van der Waals surface area contributed by atoms with Gasteiger partial charge in [-0.1, -0.05) is 12.1 Å². The number of carbonyl (C=O) groups excluding carboxylic acids is 1. The maximum absolute atomic E-state index is 10.6. The third-order valence-electron chi connectivity index (χ3n) is 1.84. The van der Waals surface area contributed by atoms with Crippen molar-refractivity contribution in [1.82, 2.24) is 0 Å². The summed E-state index contributed by atoms with van der Waals surface area (Å²) >= 11 is 0. The molecular weight excluding hydrogens is 179 g/mol. The van der Waals surface area contributed by atoms with E-state index in [9.17, 15) is 4.79 Å². The fourth-order valence-electron chi connectivity index (χ4n) is 1.23. The molecule has 13 heavy (non-hydrogen) atoms. The standard InChI is InChI=1S/C9H8O3.Na.H/c10-4-7-2-1-3-9-8(7)5-11-6-12-9;;/h1-4H,5-6H2;;. The third-order valence-corrected chi connectivity index (χ3v) is 1.84. The van der Waals surface area contributed by atoms with Gasteiger partial charge in [-0.3, -0.25) is 4.79 Å². The molecule has 0 aromatic heterocycles. The van der Waals surface area contributed by atoms with E-state index in [0.717, 1.165) is 17.6 Å². The number of carbonyl (C=O) groups is 1. The van der Waals surface area contributed by atoms with Crippen molar-refractivity contribution in [2.45, 2.75) is 6.61 Å². The quantitative estimate of drug-likeness (QED) is 0.481. The van der Waals surface area contributed by atoms with Crippen molar-refractivity contribution >= 4 is 35.8 Å². The van der Waals surface area contributed by atoms with Gasteiger partial charge in [0.2, 0.25) is 0 Å². The second-order valence-electron chi connectivity index (χ2n) is 2.55. The van der Waals surface area contributed by atoms with Crippen molar-refractivity contribution in [3.05, 3.63) is 29.3 Å². The zero-order valence-electron chi connectivity index (χ0n) is 6.45. The van der Waals surface area contributed by atoms with Crippen LogP contribution < -0.4 is 4.74 Å². The molecule has 64 valence electrons. The Morgan fingerprint density at radius 2 is 2.23 bits per heavy atom. The minimum atomic E-state index is 0. The molecule has 1 aromatic carbocycles. The minimum absolute atomic E-state index is 0. The van der Waals surface area contributed by atoms with Crippen LogP contribution in [0.3, 0.4) is 0 Å². The molecule has 0 atom stereocenters. The number of ether oxygens (including phenoxy) is 2. The van der Waals surface area contributed by atoms with Crippen molar-refractivity contribution in [1.29, 1.82) is 0 Å². The summed E-state index contributed by atoms with van der Waals surface area (Å²) in [4.78, 5) is 10.6. The van der Waals surface area contributed by atoms with Gasteiger partial charge in [-0.05, 0) is 6.07 Å². The van der Waals surface area contributed by atoms with E-state index in [2.05, 4.69) is 0 Å². The summed E-state index contributed by atoms with van der Waals surface area (Å²) in [6.07, 6.45) is 0.816. The van der Waals surface area contributed by atoms with Crippen LogP contribution in [0.25, 0.3) is 0 Å². The van der Waals surface area contributed by atoms with Gasteiger partial charge in [0.25, 0.3) is 0 Å². The normalized spacial score (nSPS) is 13.5. The van der Waals surface area contributed by atoms with Crippen molar-refractivity contribution in [2.24, 2.45) is 0 Å². The number of hydrogen-bond acceptors (Lipinski definition) is 3. The predicted molar refractivity (Wildman–Crippen MR) is 49.3 cm³/mol. The predicted octanol–water partition coefficient (Wildman–Crippen LogP) is 0.717.